The molecule has 0 spiro atoms. The Hall–Kier alpha value is -2.34. The number of fused-ring (bicyclic) bond motifs is 1. The molecule has 0 N–H and O–H groups in total. The van der Waals surface area contributed by atoms with Crippen molar-refractivity contribution in [3.63, 3.8) is 0 Å². The SMILES string of the molecule is COc1nc2c(ncn2C2CC2)c(=O)n1-c1ccc(Cl)cc1. The average molecular weight is 317 g/mol. The fraction of sp³-hybridized carbons (Fsp3) is 0.267. The lowest BCUT2D eigenvalue weighted by molar-refractivity contribution is 0.367. The van der Waals surface area contributed by atoms with Crippen molar-refractivity contribution in [1.82, 2.24) is 19.1 Å². The van der Waals surface area contributed by atoms with Gasteiger partial charge in [0, 0.05) is 11.1 Å². The summed E-state index contributed by atoms with van der Waals surface area (Å²) in [5.41, 5.74) is 1.32. The smallest absolute Gasteiger partial charge is 0.305 e. The van der Waals surface area contributed by atoms with Crippen LogP contribution in [0.4, 0.5) is 0 Å². The Morgan fingerprint density at radius 1 is 1.27 bits per heavy atom. The van der Waals surface area contributed by atoms with E-state index in [1.54, 1.807) is 30.6 Å². The van der Waals surface area contributed by atoms with E-state index < -0.39 is 0 Å². The van der Waals surface area contributed by atoms with Crippen molar-refractivity contribution < 1.29 is 4.74 Å². The third kappa shape index (κ3) is 1.99. The van der Waals surface area contributed by atoms with Crippen LogP contribution in [0, 0.1) is 0 Å². The summed E-state index contributed by atoms with van der Waals surface area (Å²) < 4.78 is 8.68. The van der Waals surface area contributed by atoms with Gasteiger partial charge in [0.2, 0.25) is 0 Å². The summed E-state index contributed by atoms with van der Waals surface area (Å²) in [6, 6.07) is 7.57. The maximum atomic E-state index is 12.8. The van der Waals surface area contributed by atoms with E-state index >= 15 is 0 Å². The molecule has 1 fully saturated rings. The van der Waals surface area contributed by atoms with Gasteiger partial charge in [0.05, 0.1) is 19.1 Å². The molecule has 0 radical (unpaired) electrons. The Kier molecular flexibility index (Phi) is 2.94. The predicted molar refractivity (Wildman–Crippen MR) is 83.0 cm³/mol. The molecule has 0 unspecified atom stereocenters. The molecule has 4 rings (SSSR count). The fourth-order valence-electron chi connectivity index (χ4n) is 2.52. The highest BCUT2D eigenvalue weighted by Gasteiger charge is 2.27. The minimum absolute atomic E-state index is 0.238. The summed E-state index contributed by atoms with van der Waals surface area (Å²) in [6.07, 6.45) is 3.87. The van der Waals surface area contributed by atoms with Crippen LogP contribution in [0.15, 0.2) is 35.4 Å². The van der Waals surface area contributed by atoms with E-state index in [0.29, 0.717) is 27.9 Å². The molecule has 2 aromatic heterocycles. The van der Waals surface area contributed by atoms with Gasteiger partial charge in [-0.2, -0.15) is 4.98 Å². The monoisotopic (exact) mass is 316 g/mol. The van der Waals surface area contributed by atoms with Gasteiger partial charge in [0.15, 0.2) is 11.2 Å². The first-order valence-corrected chi connectivity index (χ1v) is 7.36. The van der Waals surface area contributed by atoms with Crippen molar-refractivity contribution in [3.05, 3.63) is 46.0 Å². The van der Waals surface area contributed by atoms with Gasteiger partial charge in [-0.05, 0) is 37.1 Å². The highest BCUT2D eigenvalue weighted by molar-refractivity contribution is 6.30. The molecule has 1 aliphatic rings. The Morgan fingerprint density at radius 3 is 2.64 bits per heavy atom. The zero-order valence-electron chi connectivity index (χ0n) is 11.9. The quantitative estimate of drug-likeness (QED) is 0.745. The summed E-state index contributed by atoms with van der Waals surface area (Å²) >= 11 is 5.90. The van der Waals surface area contributed by atoms with Crippen LogP contribution in [-0.4, -0.2) is 26.2 Å². The van der Waals surface area contributed by atoms with Crippen LogP contribution in [-0.2, 0) is 0 Å². The Labute approximate surface area is 130 Å². The molecule has 1 saturated carbocycles. The second-order valence-electron chi connectivity index (χ2n) is 5.27. The number of hydrogen-bond donors (Lipinski definition) is 0. The van der Waals surface area contributed by atoms with E-state index in [2.05, 4.69) is 9.97 Å². The maximum absolute atomic E-state index is 12.8. The van der Waals surface area contributed by atoms with E-state index in [9.17, 15) is 4.79 Å². The van der Waals surface area contributed by atoms with Crippen LogP contribution in [0.25, 0.3) is 16.9 Å². The molecule has 7 heteroatoms. The average Bonchev–Trinajstić information content (AvgIpc) is 3.28. The van der Waals surface area contributed by atoms with Crippen molar-refractivity contribution >= 4 is 22.8 Å². The number of rotatable bonds is 3. The second kappa shape index (κ2) is 4.84. The highest BCUT2D eigenvalue weighted by Crippen LogP contribution is 2.36. The normalized spacial score (nSPS) is 14.5. The molecular weight excluding hydrogens is 304 g/mol. The van der Waals surface area contributed by atoms with Crippen LogP contribution in [0.1, 0.15) is 18.9 Å². The first-order valence-electron chi connectivity index (χ1n) is 6.98. The Bertz CT molecular complexity index is 910. The van der Waals surface area contributed by atoms with Crippen molar-refractivity contribution in [2.45, 2.75) is 18.9 Å². The van der Waals surface area contributed by atoms with Gasteiger partial charge in [-0.3, -0.25) is 4.79 Å². The number of hydrogen-bond acceptors (Lipinski definition) is 4. The molecular formula is C15H13ClN4O2. The first-order chi connectivity index (χ1) is 10.7. The Balaban J connectivity index is 2.00. The van der Waals surface area contributed by atoms with Crippen molar-refractivity contribution in [3.8, 4) is 11.7 Å². The van der Waals surface area contributed by atoms with Gasteiger partial charge >= 0.3 is 6.01 Å². The van der Waals surface area contributed by atoms with E-state index in [1.807, 2.05) is 4.57 Å². The third-order valence-electron chi connectivity index (χ3n) is 3.77. The summed E-state index contributed by atoms with van der Waals surface area (Å²) in [5, 5.41) is 0.600. The third-order valence-corrected chi connectivity index (χ3v) is 4.03. The summed E-state index contributed by atoms with van der Waals surface area (Å²) in [5.74, 6) is 0. The zero-order valence-corrected chi connectivity index (χ0v) is 12.6. The number of aromatic nitrogens is 4. The minimum atomic E-state index is -0.247. The molecule has 0 bridgehead atoms. The van der Waals surface area contributed by atoms with Gasteiger partial charge in [-0.25, -0.2) is 9.55 Å². The lowest BCUT2D eigenvalue weighted by Gasteiger charge is -2.11. The van der Waals surface area contributed by atoms with Crippen LogP contribution >= 0.6 is 11.6 Å². The highest BCUT2D eigenvalue weighted by atomic mass is 35.5. The van der Waals surface area contributed by atoms with Crippen LogP contribution < -0.4 is 10.3 Å². The maximum Gasteiger partial charge on any atom is 0.305 e. The molecule has 6 nitrogen and oxygen atoms in total. The van der Waals surface area contributed by atoms with Crippen LogP contribution in [0.3, 0.4) is 0 Å². The number of ether oxygens (including phenoxy) is 1. The molecule has 1 aliphatic carbocycles. The molecule has 3 aromatic rings. The van der Waals surface area contributed by atoms with Crippen LogP contribution in [0.5, 0.6) is 6.01 Å². The van der Waals surface area contributed by atoms with Gasteiger partial charge in [-0.15, -0.1) is 0 Å². The molecule has 0 aliphatic heterocycles. The van der Waals surface area contributed by atoms with Gasteiger partial charge in [-0.1, -0.05) is 11.6 Å². The minimum Gasteiger partial charge on any atom is -0.468 e. The molecule has 1 aromatic carbocycles. The zero-order chi connectivity index (χ0) is 15.3. The number of benzene rings is 1. The summed E-state index contributed by atoms with van der Waals surface area (Å²) in [7, 11) is 1.50. The van der Waals surface area contributed by atoms with Gasteiger partial charge < -0.3 is 9.30 Å². The topological polar surface area (TPSA) is 61.9 Å². The van der Waals surface area contributed by atoms with Gasteiger partial charge in [0.1, 0.15) is 0 Å². The number of imidazole rings is 1. The molecule has 0 atom stereocenters. The molecule has 112 valence electrons. The molecule has 2 heterocycles. The number of methoxy groups -OCH3 is 1. The van der Waals surface area contributed by atoms with Crippen molar-refractivity contribution in [1.29, 1.82) is 0 Å². The van der Waals surface area contributed by atoms with E-state index in [-0.39, 0.29) is 11.6 Å². The lowest BCUT2D eigenvalue weighted by Crippen LogP contribution is -2.22. The first kappa shape index (κ1) is 13.3. The second-order valence-corrected chi connectivity index (χ2v) is 5.71. The fourth-order valence-corrected chi connectivity index (χ4v) is 2.65. The summed E-state index contributed by atoms with van der Waals surface area (Å²) in [4.78, 5) is 21.5. The molecule has 22 heavy (non-hydrogen) atoms. The van der Waals surface area contributed by atoms with Crippen molar-refractivity contribution in [2.24, 2.45) is 0 Å². The standard InChI is InChI=1S/C15H13ClN4O2/c1-22-15-18-13-12(17-8-19(13)10-6-7-10)14(21)20(15)11-4-2-9(16)3-5-11/h2-5,8,10H,6-7H2,1H3. The van der Waals surface area contributed by atoms with Crippen molar-refractivity contribution in [2.75, 3.05) is 7.11 Å². The Morgan fingerprint density at radius 2 is 2.00 bits per heavy atom. The van der Waals surface area contributed by atoms with E-state index in [0.717, 1.165) is 12.8 Å². The van der Waals surface area contributed by atoms with E-state index in [4.69, 9.17) is 16.3 Å². The largest absolute Gasteiger partial charge is 0.468 e. The molecule has 0 saturated heterocycles. The number of nitrogens with zero attached hydrogens (tertiary/aromatic N) is 4. The molecule has 0 amide bonds. The van der Waals surface area contributed by atoms with E-state index in [1.165, 1.54) is 11.7 Å². The van der Waals surface area contributed by atoms with Gasteiger partial charge in [0.25, 0.3) is 5.56 Å². The number of halogens is 1. The van der Waals surface area contributed by atoms with Crippen LogP contribution in [0.2, 0.25) is 5.02 Å². The predicted octanol–water partition coefficient (Wildman–Crippen LogP) is 2.58. The lowest BCUT2D eigenvalue weighted by atomic mass is 10.3. The summed E-state index contributed by atoms with van der Waals surface area (Å²) in [6.45, 7) is 0.